The van der Waals surface area contributed by atoms with Gasteiger partial charge in [0.25, 0.3) is 0 Å². The van der Waals surface area contributed by atoms with Crippen LogP contribution in [0.5, 0.6) is 0 Å². The van der Waals surface area contributed by atoms with Crippen molar-refractivity contribution in [2.45, 2.75) is 19.4 Å². The van der Waals surface area contributed by atoms with E-state index in [1.165, 1.54) is 0 Å². The summed E-state index contributed by atoms with van der Waals surface area (Å²) in [7, 11) is 1.74. The largest absolute Gasteiger partial charge is 0.344 e. The Kier molecular flexibility index (Phi) is 3.66. The number of urea groups is 1. The van der Waals surface area contributed by atoms with Gasteiger partial charge in [0.2, 0.25) is 5.91 Å². The number of anilines is 1. The summed E-state index contributed by atoms with van der Waals surface area (Å²) in [4.78, 5) is 29.7. The highest BCUT2D eigenvalue weighted by Gasteiger charge is 2.27. The maximum atomic E-state index is 12.1. The molecule has 1 aliphatic heterocycles. The lowest BCUT2D eigenvalue weighted by Crippen LogP contribution is -2.39. The summed E-state index contributed by atoms with van der Waals surface area (Å²) in [6.07, 6.45) is 0.344. The normalized spacial score (nSPS) is 17.8. The molecule has 0 unspecified atom stereocenters. The van der Waals surface area contributed by atoms with Gasteiger partial charge in [-0.2, -0.15) is 0 Å². The number of aryl methyl sites for hydroxylation is 1. The molecule has 1 aliphatic rings. The first-order valence-corrected chi connectivity index (χ1v) is 7.21. The van der Waals surface area contributed by atoms with Gasteiger partial charge in [0.1, 0.15) is 0 Å². The molecule has 2 N–H and O–H groups in total. The number of hydrogen-bond acceptors (Lipinski definition) is 3. The Hall–Kier alpha value is -2.63. The predicted molar refractivity (Wildman–Crippen MR) is 84.7 cm³/mol. The monoisotopic (exact) mass is 298 g/mol. The molecular weight excluding hydrogens is 280 g/mol. The summed E-state index contributed by atoms with van der Waals surface area (Å²) in [5.74, 6) is 0.0488. The highest BCUT2D eigenvalue weighted by atomic mass is 16.2. The van der Waals surface area contributed by atoms with Crippen molar-refractivity contribution in [3.05, 3.63) is 36.0 Å². The van der Waals surface area contributed by atoms with Crippen molar-refractivity contribution in [2.24, 2.45) is 0 Å². The smallest absolute Gasteiger partial charge is 0.319 e. The van der Waals surface area contributed by atoms with Gasteiger partial charge in [-0.15, -0.1) is 0 Å². The van der Waals surface area contributed by atoms with E-state index < -0.39 is 0 Å². The van der Waals surface area contributed by atoms with Crippen LogP contribution in [0.1, 0.15) is 12.1 Å². The Morgan fingerprint density at radius 2 is 2.14 bits per heavy atom. The average Bonchev–Trinajstić information content (AvgIpc) is 2.77. The second-order valence-corrected chi connectivity index (χ2v) is 5.60. The van der Waals surface area contributed by atoms with Crippen LogP contribution in [0.3, 0.4) is 0 Å². The van der Waals surface area contributed by atoms with Gasteiger partial charge < -0.3 is 15.5 Å². The van der Waals surface area contributed by atoms with Gasteiger partial charge in [0.15, 0.2) is 0 Å². The molecule has 0 spiro atoms. The Labute approximate surface area is 128 Å². The lowest BCUT2D eigenvalue weighted by atomic mass is 10.2. The van der Waals surface area contributed by atoms with Crippen molar-refractivity contribution >= 4 is 28.5 Å². The molecule has 1 aromatic carbocycles. The maximum Gasteiger partial charge on any atom is 0.319 e. The van der Waals surface area contributed by atoms with Gasteiger partial charge in [0, 0.05) is 31.1 Å². The third-order valence-corrected chi connectivity index (χ3v) is 3.78. The third-order valence-electron chi connectivity index (χ3n) is 3.78. The Bertz CT molecular complexity index is 744. The number of rotatable bonds is 2. The number of hydrogen-bond donors (Lipinski definition) is 2. The van der Waals surface area contributed by atoms with Crippen molar-refractivity contribution in [2.75, 3.05) is 18.9 Å². The molecule has 1 aromatic heterocycles. The fourth-order valence-corrected chi connectivity index (χ4v) is 2.65. The molecule has 0 bridgehead atoms. The van der Waals surface area contributed by atoms with Gasteiger partial charge >= 0.3 is 6.03 Å². The van der Waals surface area contributed by atoms with E-state index >= 15 is 0 Å². The summed E-state index contributed by atoms with van der Waals surface area (Å²) in [6, 6.07) is 9.10. The minimum atomic E-state index is -0.316. The molecule has 1 fully saturated rings. The van der Waals surface area contributed by atoms with Crippen molar-refractivity contribution in [1.29, 1.82) is 0 Å². The number of carbonyl (C=O) groups excluding carboxylic acids is 2. The number of aromatic nitrogens is 1. The highest BCUT2D eigenvalue weighted by molar-refractivity contribution is 5.99. The van der Waals surface area contributed by atoms with Crippen LogP contribution in [0.2, 0.25) is 0 Å². The molecule has 2 heterocycles. The Morgan fingerprint density at radius 3 is 2.86 bits per heavy atom. The maximum absolute atomic E-state index is 12.1. The second kappa shape index (κ2) is 5.63. The zero-order chi connectivity index (χ0) is 15.7. The summed E-state index contributed by atoms with van der Waals surface area (Å²) >= 11 is 0. The van der Waals surface area contributed by atoms with Gasteiger partial charge in [-0.3, -0.25) is 9.78 Å². The lowest BCUT2D eigenvalue weighted by molar-refractivity contribution is -0.126. The van der Waals surface area contributed by atoms with E-state index in [1.54, 1.807) is 11.9 Å². The molecule has 114 valence electrons. The third kappa shape index (κ3) is 2.86. The molecule has 0 aliphatic carbocycles. The van der Waals surface area contributed by atoms with Crippen LogP contribution in [-0.4, -0.2) is 41.5 Å². The average molecular weight is 298 g/mol. The zero-order valence-electron chi connectivity index (χ0n) is 12.6. The minimum Gasteiger partial charge on any atom is -0.344 e. The number of likely N-dealkylation sites (tertiary alicyclic amines) is 1. The van der Waals surface area contributed by atoms with Crippen molar-refractivity contribution in [3.63, 3.8) is 0 Å². The van der Waals surface area contributed by atoms with E-state index in [0.717, 1.165) is 16.6 Å². The van der Waals surface area contributed by atoms with Crippen LogP contribution >= 0.6 is 0 Å². The van der Waals surface area contributed by atoms with Crippen LogP contribution in [0.15, 0.2) is 30.3 Å². The molecule has 0 saturated carbocycles. The summed E-state index contributed by atoms with van der Waals surface area (Å²) < 4.78 is 0. The Balaban J connectivity index is 1.74. The number of para-hydroxylation sites is 1. The first-order chi connectivity index (χ1) is 10.5. The van der Waals surface area contributed by atoms with Gasteiger partial charge in [0.05, 0.1) is 17.2 Å². The van der Waals surface area contributed by atoms with Gasteiger partial charge in [-0.25, -0.2) is 4.79 Å². The molecule has 6 nitrogen and oxygen atoms in total. The zero-order valence-corrected chi connectivity index (χ0v) is 12.6. The van der Waals surface area contributed by atoms with Crippen LogP contribution in [0.25, 0.3) is 10.9 Å². The molecule has 22 heavy (non-hydrogen) atoms. The lowest BCUT2D eigenvalue weighted by Gasteiger charge is -2.14. The molecule has 2 aromatic rings. The van der Waals surface area contributed by atoms with Gasteiger partial charge in [-0.05, 0) is 19.1 Å². The first kappa shape index (κ1) is 14.3. The molecule has 0 radical (unpaired) electrons. The highest BCUT2D eigenvalue weighted by Crippen LogP contribution is 2.21. The number of pyridine rings is 1. The van der Waals surface area contributed by atoms with Crippen molar-refractivity contribution in [3.8, 4) is 0 Å². The Morgan fingerprint density at radius 1 is 1.32 bits per heavy atom. The summed E-state index contributed by atoms with van der Waals surface area (Å²) in [5, 5.41) is 6.62. The summed E-state index contributed by atoms with van der Waals surface area (Å²) in [5.41, 5.74) is 2.32. The fraction of sp³-hybridized carbons (Fsp3) is 0.312. The van der Waals surface area contributed by atoms with E-state index in [9.17, 15) is 9.59 Å². The SMILES string of the molecule is Cc1ccc2cccc(NC(=O)N[C@H]3CC(=O)N(C)C3)c2n1. The number of carbonyl (C=O) groups is 2. The number of likely N-dealkylation sites (N-methyl/N-ethyl adjacent to an activating group) is 1. The molecule has 1 saturated heterocycles. The number of fused-ring (bicyclic) bond motifs is 1. The van der Waals surface area contributed by atoms with Crippen LogP contribution in [-0.2, 0) is 4.79 Å². The topological polar surface area (TPSA) is 74.3 Å². The van der Waals surface area contributed by atoms with Crippen molar-refractivity contribution in [1.82, 2.24) is 15.2 Å². The second-order valence-electron chi connectivity index (χ2n) is 5.60. The molecule has 6 heteroatoms. The number of nitrogens with zero attached hydrogens (tertiary/aromatic N) is 2. The molecule has 3 amide bonds. The molecule has 1 atom stereocenters. The minimum absolute atomic E-state index is 0.0488. The number of benzene rings is 1. The quantitative estimate of drug-likeness (QED) is 0.889. The van der Waals surface area contributed by atoms with E-state index in [4.69, 9.17) is 0 Å². The molecular formula is C16H18N4O2. The van der Waals surface area contributed by atoms with Crippen LogP contribution < -0.4 is 10.6 Å². The number of nitrogens with one attached hydrogen (secondary N) is 2. The standard InChI is InChI=1S/C16H18N4O2/c1-10-6-7-11-4-3-5-13(15(11)17-10)19-16(22)18-12-8-14(21)20(2)9-12/h3-7,12H,8-9H2,1-2H3,(H2,18,19,22)/t12-/m0/s1. The molecule has 3 rings (SSSR count). The predicted octanol–water partition coefficient (Wildman–Crippen LogP) is 1.90. The van der Waals surface area contributed by atoms with Crippen LogP contribution in [0.4, 0.5) is 10.5 Å². The van der Waals surface area contributed by atoms with E-state index in [2.05, 4.69) is 15.6 Å². The van der Waals surface area contributed by atoms with Gasteiger partial charge in [-0.1, -0.05) is 18.2 Å². The summed E-state index contributed by atoms with van der Waals surface area (Å²) in [6.45, 7) is 2.45. The van der Waals surface area contributed by atoms with Crippen LogP contribution in [0, 0.1) is 6.92 Å². The fourth-order valence-electron chi connectivity index (χ4n) is 2.65. The first-order valence-electron chi connectivity index (χ1n) is 7.21. The van der Waals surface area contributed by atoms with Crippen molar-refractivity contribution < 1.29 is 9.59 Å². The number of amides is 3. The van der Waals surface area contributed by atoms with E-state index in [-0.39, 0.29) is 18.0 Å². The van der Waals surface area contributed by atoms with E-state index in [0.29, 0.717) is 18.7 Å². The van der Waals surface area contributed by atoms with E-state index in [1.807, 2.05) is 37.3 Å².